The Morgan fingerprint density at radius 2 is 1.84 bits per heavy atom. The molecular weight excluding hydrogens is 424 g/mol. The van der Waals surface area contributed by atoms with Crippen molar-refractivity contribution in [2.24, 2.45) is 0 Å². The monoisotopic (exact) mass is 446 g/mol. The number of para-hydroxylation sites is 1. The summed E-state index contributed by atoms with van der Waals surface area (Å²) in [6.07, 6.45) is 1.55. The molecule has 0 fully saturated rings. The van der Waals surface area contributed by atoms with Gasteiger partial charge in [-0.25, -0.2) is 4.98 Å². The molecule has 0 saturated carbocycles. The van der Waals surface area contributed by atoms with Crippen molar-refractivity contribution in [2.75, 3.05) is 12.4 Å². The van der Waals surface area contributed by atoms with Crippen molar-refractivity contribution in [1.82, 2.24) is 14.9 Å². The molecule has 0 atom stereocenters. The predicted molar refractivity (Wildman–Crippen MR) is 127 cm³/mol. The van der Waals surface area contributed by atoms with Crippen molar-refractivity contribution < 1.29 is 9.59 Å². The Morgan fingerprint density at radius 3 is 2.59 bits per heavy atom. The molecule has 7 nitrogen and oxygen atoms in total. The van der Waals surface area contributed by atoms with Crippen LogP contribution in [-0.4, -0.2) is 28.4 Å². The van der Waals surface area contributed by atoms with Crippen LogP contribution in [0.3, 0.4) is 0 Å². The molecule has 0 aliphatic heterocycles. The Bertz CT molecular complexity index is 1360. The molecule has 0 aliphatic rings. The molecule has 4 aromatic rings. The van der Waals surface area contributed by atoms with Crippen LogP contribution in [0.25, 0.3) is 21.3 Å². The zero-order valence-electron chi connectivity index (χ0n) is 17.7. The number of nitrogens with one attached hydrogen (secondary N) is 2. The van der Waals surface area contributed by atoms with Gasteiger partial charge in [0.05, 0.1) is 23.0 Å². The number of benzene rings is 2. The van der Waals surface area contributed by atoms with Gasteiger partial charge in [0.15, 0.2) is 0 Å². The summed E-state index contributed by atoms with van der Waals surface area (Å²) in [7, 11) is 1.53. The van der Waals surface area contributed by atoms with Gasteiger partial charge >= 0.3 is 0 Å². The summed E-state index contributed by atoms with van der Waals surface area (Å²) in [6.45, 7) is 2.20. The van der Waals surface area contributed by atoms with Crippen molar-refractivity contribution in [3.05, 3.63) is 81.7 Å². The molecule has 0 bridgehead atoms. The summed E-state index contributed by atoms with van der Waals surface area (Å²) >= 11 is 1.43. The number of hydrogen-bond acceptors (Lipinski definition) is 5. The van der Waals surface area contributed by atoms with Gasteiger partial charge in [-0.2, -0.15) is 0 Å². The number of amides is 2. The maximum atomic E-state index is 13.1. The summed E-state index contributed by atoms with van der Waals surface area (Å²) in [5, 5.41) is 7.81. The SMILES string of the molecule is CNC(=O)c1ccccc1NC(=O)CCn1cnc2scc(-c3ccc(C)cc3)c2c1=O. The van der Waals surface area contributed by atoms with Crippen LogP contribution in [0.1, 0.15) is 22.3 Å². The third-order valence-corrected chi connectivity index (χ3v) is 6.06. The van der Waals surface area contributed by atoms with Crippen LogP contribution in [0.5, 0.6) is 0 Å². The third kappa shape index (κ3) is 4.31. The van der Waals surface area contributed by atoms with E-state index in [4.69, 9.17) is 0 Å². The molecular formula is C24H22N4O3S. The molecule has 0 aliphatic carbocycles. The number of aryl methyl sites for hydroxylation is 2. The minimum atomic E-state index is -0.294. The van der Waals surface area contributed by atoms with Gasteiger partial charge in [-0.1, -0.05) is 42.0 Å². The molecule has 0 radical (unpaired) electrons. The highest BCUT2D eigenvalue weighted by atomic mass is 32.1. The van der Waals surface area contributed by atoms with E-state index in [-0.39, 0.29) is 30.3 Å². The standard InChI is InChI=1S/C24H22N4O3S/c1-15-7-9-16(10-8-15)18-13-32-23-21(18)24(31)28(14-26-23)12-11-20(29)27-19-6-4-3-5-17(19)22(30)25-2/h3-10,13-14H,11-12H2,1-2H3,(H,25,30)(H,27,29). The molecule has 162 valence electrons. The summed E-state index contributed by atoms with van der Waals surface area (Å²) in [5.74, 6) is -0.578. The van der Waals surface area contributed by atoms with Crippen molar-refractivity contribution in [3.8, 4) is 11.1 Å². The molecule has 4 rings (SSSR count). The van der Waals surface area contributed by atoms with E-state index in [1.807, 2.05) is 36.6 Å². The molecule has 2 aromatic carbocycles. The summed E-state index contributed by atoms with van der Waals surface area (Å²) in [4.78, 5) is 42.7. The van der Waals surface area contributed by atoms with E-state index in [0.717, 1.165) is 16.7 Å². The first-order valence-corrected chi connectivity index (χ1v) is 11.0. The Hall–Kier alpha value is -3.78. The number of rotatable bonds is 6. The molecule has 0 saturated heterocycles. The van der Waals surface area contributed by atoms with E-state index in [9.17, 15) is 14.4 Å². The molecule has 2 aromatic heterocycles. The lowest BCUT2D eigenvalue weighted by Crippen LogP contribution is -2.25. The van der Waals surface area contributed by atoms with Crippen LogP contribution in [0.4, 0.5) is 5.69 Å². The Kier molecular flexibility index (Phi) is 6.13. The molecule has 2 N–H and O–H groups in total. The van der Waals surface area contributed by atoms with Crippen molar-refractivity contribution in [1.29, 1.82) is 0 Å². The molecule has 32 heavy (non-hydrogen) atoms. The molecule has 0 spiro atoms. The van der Waals surface area contributed by atoms with Crippen molar-refractivity contribution in [3.63, 3.8) is 0 Å². The van der Waals surface area contributed by atoms with Gasteiger partial charge in [-0.3, -0.25) is 19.0 Å². The van der Waals surface area contributed by atoms with Crippen LogP contribution in [0.15, 0.2) is 65.0 Å². The lowest BCUT2D eigenvalue weighted by Gasteiger charge is -2.11. The fourth-order valence-electron chi connectivity index (χ4n) is 3.43. The first kappa shape index (κ1) is 21.5. The van der Waals surface area contributed by atoms with Crippen molar-refractivity contribution >= 4 is 39.1 Å². The zero-order valence-corrected chi connectivity index (χ0v) is 18.5. The van der Waals surface area contributed by atoms with Gasteiger partial charge in [0, 0.05) is 31.0 Å². The second-order valence-corrected chi connectivity index (χ2v) is 8.22. The van der Waals surface area contributed by atoms with Crippen molar-refractivity contribution in [2.45, 2.75) is 19.9 Å². The Balaban J connectivity index is 1.54. The number of hydrogen-bond donors (Lipinski definition) is 2. The minimum Gasteiger partial charge on any atom is -0.355 e. The van der Waals surface area contributed by atoms with Crippen LogP contribution in [0, 0.1) is 6.92 Å². The quantitative estimate of drug-likeness (QED) is 0.471. The summed E-state index contributed by atoms with van der Waals surface area (Å²) in [5.41, 5.74) is 3.59. The number of carbonyl (C=O) groups excluding carboxylic acids is 2. The summed E-state index contributed by atoms with van der Waals surface area (Å²) in [6, 6.07) is 14.8. The van der Waals surface area contributed by atoms with Crippen LogP contribution < -0.4 is 16.2 Å². The average Bonchev–Trinajstić information content (AvgIpc) is 3.24. The second-order valence-electron chi connectivity index (χ2n) is 7.36. The van der Waals surface area contributed by atoms with E-state index in [2.05, 4.69) is 15.6 Å². The number of carbonyl (C=O) groups is 2. The predicted octanol–water partition coefficient (Wildman–Crippen LogP) is 3.82. The second kappa shape index (κ2) is 9.15. The van der Waals surface area contributed by atoms with Gasteiger partial charge in [0.25, 0.3) is 11.5 Å². The van der Waals surface area contributed by atoms with Gasteiger partial charge in [0.2, 0.25) is 5.91 Å². The lowest BCUT2D eigenvalue weighted by molar-refractivity contribution is -0.116. The van der Waals surface area contributed by atoms with E-state index in [0.29, 0.717) is 21.5 Å². The van der Waals surface area contributed by atoms with Crippen LogP contribution >= 0.6 is 11.3 Å². The minimum absolute atomic E-state index is 0.0686. The number of anilines is 1. The fourth-order valence-corrected chi connectivity index (χ4v) is 4.34. The number of aromatic nitrogens is 2. The topological polar surface area (TPSA) is 93.1 Å². The molecule has 0 unspecified atom stereocenters. The summed E-state index contributed by atoms with van der Waals surface area (Å²) < 4.78 is 1.46. The zero-order chi connectivity index (χ0) is 22.7. The maximum Gasteiger partial charge on any atom is 0.262 e. The third-order valence-electron chi connectivity index (χ3n) is 5.18. The van der Waals surface area contributed by atoms with Gasteiger partial charge < -0.3 is 10.6 Å². The maximum absolute atomic E-state index is 13.1. The van der Waals surface area contributed by atoms with E-state index in [1.54, 1.807) is 24.3 Å². The van der Waals surface area contributed by atoms with Gasteiger partial charge in [0.1, 0.15) is 4.83 Å². The van der Waals surface area contributed by atoms with E-state index >= 15 is 0 Å². The number of nitrogens with zero attached hydrogens (tertiary/aromatic N) is 2. The Labute approximate surface area is 188 Å². The normalized spacial score (nSPS) is 10.8. The highest BCUT2D eigenvalue weighted by Crippen LogP contribution is 2.30. The Morgan fingerprint density at radius 1 is 1.09 bits per heavy atom. The first-order chi connectivity index (χ1) is 15.5. The van der Waals surface area contributed by atoms with E-state index in [1.165, 1.54) is 29.3 Å². The van der Waals surface area contributed by atoms with Crippen LogP contribution in [-0.2, 0) is 11.3 Å². The van der Waals surface area contributed by atoms with Gasteiger partial charge in [-0.05, 0) is 24.6 Å². The fraction of sp³-hybridized carbons (Fsp3) is 0.167. The average molecular weight is 447 g/mol. The first-order valence-electron chi connectivity index (χ1n) is 10.1. The highest BCUT2D eigenvalue weighted by Gasteiger charge is 2.15. The lowest BCUT2D eigenvalue weighted by atomic mass is 10.1. The molecule has 2 amide bonds. The number of fused-ring (bicyclic) bond motifs is 1. The smallest absolute Gasteiger partial charge is 0.262 e. The largest absolute Gasteiger partial charge is 0.355 e. The van der Waals surface area contributed by atoms with Crippen LogP contribution in [0.2, 0.25) is 0 Å². The van der Waals surface area contributed by atoms with Gasteiger partial charge in [-0.15, -0.1) is 11.3 Å². The number of thiophene rings is 1. The molecule has 2 heterocycles. The highest BCUT2D eigenvalue weighted by molar-refractivity contribution is 7.17. The van der Waals surface area contributed by atoms with E-state index < -0.39 is 0 Å². The molecule has 8 heteroatoms.